The lowest BCUT2D eigenvalue weighted by molar-refractivity contribution is 0.102. The Labute approximate surface area is 381 Å². The summed E-state index contributed by atoms with van der Waals surface area (Å²) in [7, 11) is 0.00903. The van der Waals surface area contributed by atoms with Gasteiger partial charge in [-0.2, -0.15) is 0 Å². The number of carbonyl (C=O) groups excluding carboxylic acids is 1. The summed E-state index contributed by atoms with van der Waals surface area (Å²) >= 11 is 0. The summed E-state index contributed by atoms with van der Waals surface area (Å²) in [5, 5.41) is 0. The number of hydrogen-bond acceptors (Lipinski definition) is 1. The largest absolute Gasteiger partial charge is 0.289 e. The minimum atomic E-state index is -7.22. The molecule has 1 nitrogen and oxygen atoms in total. The van der Waals surface area contributed by atoms with E-state index in [1.807, 2.05) is 30.3 Å². The summed E-state index contributed by atoms with van der Waals surface area (Å²) in [4.78, 5) is 14.0. The molecule has 368 valence electrons. The molecule has 0 saturated heterocycles. The van der Waals surface area contributed by atoms with Crippen LogP contribution in [-0.2, 0) is 10.9 Å². The van der Waals surface area contributed by atoms with Crippen molar-refractivity contribution < 1.29 is 92.6 Å². The van der Waals surface area contributed by atoms with Gasteiger partial charge in [-0.15, -0.1) is 21.9 Å². The maximum atomic E-state index is 15.4. The van der Waals surface area contributed by atoms with Gasteiger partial charge in [-0.1, -0.05) is 69.7 Å². The average Bonchev–Trinajstić information content (AvgIpc) is 3.34. The van der Waals surface area contributed by atoms with Crippen molar-refractivity contribution in [1.82, 2.24) is 0 Å². The molecule has 0 spiro atoms. The van der Waals surface area contributed by atoms with E-state index in [2.05, 4.69) is 45.0 Å². The summed E-state index contributed by atoms with van der Waals surface area (Å²) in [6.45, 7) is 6.66. The highest BCUT2D eigenvalue weighted by Crippen LogP contribution is 2.31. The monoisotopic (exact) mass is 1020 g/mol. The topological polar surface area (TPSA) is 17.1 Å². The van der Waals surface area contributed by atoms with Crippen LogP contribution < -0.4 is 21.9 Å². The van der Waals surface area contributed by atoms with Crippen molar-refractivity contribution in [1.29, 1.82) is 0 Å². The fourth-order valence-corrected chi connectivity index (χ4v) is 9.69. The highest BCUT2D eigenvalue weighted by molar-refractivity contribution is 7.97. The molecule has 0 N–H and O–H groups in total. The first-order chi connectivity index (χ1) is 32.3. The Morgan fingerprint density at radius 2 is 0.710 bits per heavy atom. The summed E-state index contributed by atoms with van der Waals surface area (Å²) in [6, 6.07) is 18.6. The minimum absolute atomic E-state index is 0.00903. The second-order valence-corrected chi connectivity index (χ2v) is 17.5. The fourth-order valence-electron chi connectivity index (χ4n) is 7.58. The van der Waals surface area contributed by atoms with Crippen molar-refractivity contribution >= 4 is 44.7 Å². The van der Waals surface area contributed by atoms with Gasteiger partial charge in [-0.25, -0.2) is 87.8 Å². The highest BCUT2D eigenvalue weighted by atomic mass is 32.2. The lowest BCUT2D eigenvalue weighted by Crippen LogP contribution is -2.81. The van der Waals surface area contributed by atoms with Gasteiger partial charge in [0.15, 0.2) is 80.5 Å². The molecule has 0 radical (unpaired) electrons. The van der Waals surface area contributed by atoms with E-state index < -0.39 is 144 Å². The van der Waals surface area contributed by atoms with Crippen molar-refractivity contribution in [3.63, 3.8) is 0 Å². The molecule has 0 aliphatic rings. The Bertz CT molecular complexity index is 2550. The third-order valence-corrected chi connectivity index (χ3v) is 13.3. The molecule has 0 amide bonds. The van der Waals surface area contributed by atoms with Crippen LogP contribution >= 0.6 is 0 Å². The van der Waals surface area contributed by atoms with E-state index in [1.165, 1.54) is 29.7 Å². The number of unbranched alkanes of at least 4 members (excludes halogenated alkanes) is 2. The molecule has 0 aliphatic carbocycles. The third kappa shape index (κ3) is 9.54. The van der Waals surface area contributed by atoms with Gasteiger partial charge in [-0.3, -0.25) is 4.79 Å². The lowest BCUT2D eigenvalue weighted by Gasteiger charge is -2.44. The molecule has 0 aromatic heterocycles. The molecule has 23 heteroatoms. The first kappa shape index (κ1) is 54.0. The van der Waals surface area contributed by atoms with Crippen LogP contribution in [0.4, 0.5) is 87.8 Å². The fraction of sp³-hybridized carbons (Fsp3) is 0.196. The Balaban J connectivity index is 0.000000311. The molecule has 6 rings (SSSR count). The van der Waals surface area contributed by atoms with Gasteiger partial charge in [0.25, 0.3) is 0 Å². The van der Waals surface area contributed by atoms with Gasteiger partial charge < -0.3 is 0 Å². The molecule has 69 heavy (non-hydrogen) atoms. The molecule has 0 heterocycles. The quantitative estimate of drug-likeness (QED) is 0.0214. The minimum Gasteiger partial charge on any atom is -0.289 e. The molecule has 0 fully saturated rings. The van der Waals surface area contributed by atoms with Crippen molar-refractivity contribution in [3.8, 4) is 0 Å². The Morgan fingerprint density at radius 3 is 0.986 bits per heavy atom. The van der Waals surface area contributed by atoms with E-state index >= 15 is 35.1 Å². The summed E-state index contributed by atoms with van der Waals surface area (Å²) in [5.74, 6) is -68.8. The molecule has 1 atom stereocenters. The molecule has 0 aliphatic heterocycles. The van der Waals surface area contributed by atoms with Crippen molar-refractivity contribution in [2.75, 3.05) is 11.5 Å². The first-order valence-corrected chi connectivity index (χ1v) is 21.5. The van der Waals surface area contributed by atoms with E-state index in [-0.39, 0.29) is 16.7 Å². The van der Waals surface area contributed by atoms with E-state index in [4.69, 9.17) is 0 Å². The van der Waals surface area contributed by atoms with E-state index in [0.29, 0.717) is 11.7 Å². The molecule has 0 bridgehead atoms. The summed E-state index contributed by atoms with van der Waals surface area (Å²) in [6.07, 6.45) is -3.55. The lowest BCUT2D eigenvalue weighted by atomic mass is 9.12. The third-order valence-electron chi connectivity index (χ3n) is 11.0. The van der Waals surface area contributed by atoms with Gasteiger partial charge in [0.05, 0.1) is 0 Å². The zero-order valence-electron chi connectivity index (χ0n) is 35.3. The van der Waals surface area contributed by atoms with Crippen molar-refractivity contribution in [2.45, 2.75) is 50.8 Å². The van der Waals surface area contributed by atoms with Gasteiger partial charge in [0.1, 0.15) is 58.4 Å². The van der Waals surface area contributed by atoms with Crippen LogP contribution in [0.25, 0.3) is 0 Å². The number of carbonyl (C=O) groups is 1. The van der Waals surface area contributed by atoms with E-state index in [1.54, 1.807) is 0 Å². The zero-order valence-corrected chi connectivity index (χ0v) is 36.1. The van der Waals surface area contributed by atoms with Crippen LogP contribution in [-0.4, -0.2) is 23.4 Å². The normalized spacial score (nSPS) is 12.1. The molecule has 1 unspecified atom stereocenters. The second kappa shape index (κ2) is 21.3. The molecule has 0 saturated carbocycles. The smallest absolute Gasteiger partial charge is 0.212 e. The maximum absolute atomic E-state index is 15.4. The van der Waals surface area contributed by atoms with Crippen LogP contribution in [0.2, 0.25) is 0 Å². The SMILES string of the molecule is CCCCC[S+](CC(=O)c1ccccc1)c1ccc(C(C)C)cc1.Fc1c(F)c(F)c([B-](c2c(F)c(F)c(F)c(F)c2F)(c2c(F)c(F)c(F)c(F)c2F)c2c(F)c(F)c(F)c(F)c2F)c(F)c1F. The van der Waals surface area contributed by atoms with E-state index in [0.717, 1.165) is 11.3 Å². The van der Waals surface area contributed by atoms with Crippen LogP contribution in [0.1, 0.15) is 61.9 Å². The van der Waals surface area contributed by atoms with Crippen LogP contribution in [0, 0.1) is 116 Å². The van der Waals surface area contributed by atoms with Gasteiger partial charge in [-0.05, 0) is 36.5 Å². The van der Waals surface area contributed by atoms with Gasteiger partial charge in [0, 0.05) is 16.5 Å². The molecular weight excluding hydrogens is 991 g/mol. The number of halogens is 20. The maximum Gasteiger partial charge on any atom is 0.212 e. The van der Waals surface area contributed by atoms with Crippen molar-refractivity contribution in [2.24, 2.45) is 0 Å². The number of rotatable bonds is 13. The number of ketones is 1. The predicted molar refractivity (Wildman–Crippen MR) is 215 cm³/mol. The average molecular weight is 1020 g/mol. The molecule has 6 aromatic carbocycles. The van der Waals surface area contributed by atoms with E-state index in [9.17, 15) is 57.5 Å². The van der Waals surface area contributed by atoms with Gasteiger partial charge >= 0.3 is 0 Å². The first-order valence-electron chi connectivity index (χ1n) is 19.9. The van der Waals surface area contributed by atoms with Crippen LogP contribution in [0.15, 0.2) is 59.5 Å². The number of hydrogen-bond donors (Lipinski definition) is 0. The Morgan fingerprint density at radius 1 is 0.420 bits per heavy atom. The standard InChI is InChI=1S/C24BF20.C22H29OS/c26-5-1(6(27)14(35)21(42)13(5)34)25(2-7(28)15(36)22(43)16(37)8(2)29,3-9(30)17(38)23(44)18(39)10(3)31)4-11(32)19(40)24(45)20(41)12(4)33;1-4-5-9-16-24(17-22(23)20-10-7-6-8-11-20)21-14-12-19(13-15-21)18(2)3/h;6-8,10-15,18H,4-5,9,16-17H2,1-3H3/q-1;+1. The predicted octanol–water partition coefficient (Wildman–Crippen LogP) is 11.7. The Hall–Kier alpha value is -6.00. The Kier molecular flexibility index (Phi) is 16.7. The molecular formula is C46H29BF20OS. The highest BCUT2D eigenvalue weighted by Gasteiger charge is 2.52. The number of Topliss-reactive ketones (excluding diaryl/α,β-unsaturated/α-hetero) is 1. The second-order valence-electron chi connectivity index (χ2n) is 15.4. The van der Waals surface area contributed by atoms with Crippen LogP contribution in [0.3, 0.4) is 0 Å². The zero-order chi connectivity index (χ0) is 51.7. The number of benzene rings is 6. The molecule has 6 aromatic rings. The summed E-state index contributed by atoms with van der Waals surface area (Å²) < 4.78 is 294. The van der Waals surface area contributed by atoms with Crippen LogP contribution in [0.5, 0.6) is 0 Å². The summed E-state index contributed by atoms with van der Waals surface area (Å²) in [5.41, 5.74) is -12.1. The van der Waals surface area contributed by atoms with Gasteiger partial charge in [0.2, 0.25) is 5.78 Å². The van der Waals surface area contributed by atoms with Crippen molar-refractivity contribution in [3.05, 3.63) is 182 Å².